The molecule has 2 N–H and O–H groups in total. The summed E-state index contributed by atoms with van der Waals surface area (Å²) in [5, 5.41) is 12.3. The molecule has 0 saturated carbocycles. The highest BCUT2D eigenvalue weighted by Crippen LogP contribution is 2.16. The van der Waals surface area contributed by atoms with Crippen molar-refractivity contribution in [2.24, 2.45) is 0 Å². The van der Waals surface area contributed by atoms with E-state index in [4.69, 9.17) is 5.11 Å². The van der Waals surface area contributed by atoms with Crippen LogP contribution in [-0.2, 0) is 13.0 Å². The first-order valence-corrected chi connectivity index (χ1v) is 7.56. The van der Waals surface area contributed by atoms with E-state index >= 15 is 0 Å². The molecule has 0 aliphatic heterocycles. The molecule has 1 heterocycles. The molecular weight excluding hydrogens is 270 g/mol. The summed E-state index contributed by atoms with van der Waals surface area (Å²) in [6.45, 7) is 2.89. The third-order valence-corrected chi connectivity index (χ3v) is 4.28. The van der Waals surface area contributed by atoms with Crippen LogP contribution in [0.25, 0.3) is 0 Å². The first-order chi connectivity index (χ1) is 9.65. The average Bonchev–Trinajstić information content (AvgIpc) is 2.93. The maximum atomic E-state index is 10.8. The van der Waals surface area contributed by atoms with Gasteiger partial charge in [0.15, 0.2) is 0 Å². The van der Waals surface area contributed by atoms with Crippen molar-refractivity contribution in [3.05, 3.63) is 57.8 Å². The van der Waals surface area contributed by atoms with E-state index in [1.165, 1.54) is 16.9 Å². The average molecular weight is 289 g/mol. The minimum atomic E-state index is -0.849. The van der Waals surface area contributed by atoms with Crippen molar-refractivity contribution in [2.45, 2.75) is 32.4 Å². The van der Waals surface area contributed by atoms with Gasteiger partial charge in [0.05, 0.1) is 0 Å². The van der Waals surface area contributed by atoms with E-state index in [1.807, 2.05) is 12.1 Å². The molecule has 2 rings (SSSR count). The summed E-state index contributed by atoms with van der Waals surface area (Å²) >= 11 is 1.34. The quantitative estimate of drug-likeness (QED) is 0.819. The Morgan fingerprint density at radius 2 is 2.00 bits per heavy atom. The molecule has 4 heteroatoms. The van der Waals surface area contributed by atoms with Gasteiger partial charge in [-0.15, -0.1) is 11.3 Å². The van der Waals surface area contributed by atoms with Gasteiger partial charge < -0.3 is 10.4 Å². The standard InChI is InChI=1S/C16H19NO2S/c1-12(7-8-13-5-3-2-4-6-13)17-11-14-9-10-15(20-14)16(18)19/h2-6,9-10,12,17H,7-8,11H2,1H3,(H,18,19). The van der Waals surface area contributed by atoms with Crippen molar-refractivity contribution >= 4 is 17.3 Å². The van der Waals surface area contributed by atoms with Gasteiger partial charge in [0.1, 0.15) is 4.88 Å². The molecule has 0 saturated heterocycles. The zero-order chi connectivity index (χ0) is 14.4. The van der Waals surface area contributed by atoms with Crippen LogP contribution < -0.4 is 5.32 Å². The Morgan fingerprint density at radius 3 is 2.65 bits per heavy atom. The van der Waals surface area contributed by atoms with Gasteiger partial charge in [-0.1, -0.05) is 30.3 Å². The van der Waals surface area contributed by atoms with Crippen LogP contribution in [0.1, 0.15) is 33.5 Å². The van der Waals surface area contributed by atoms with E-state index in [9.17, 15) is 4.79 Å². The Bertz CT molecular complexity index is 551. The largest absolute Gasteiger partial charge is 0.477 e. The Labute approximate surface area is 123 Å². The molecule has 20 heavy (non-hydrogen) atoms. The minimum Gasteiger partial charge on any atom is -0.477 e. The second kappa shape index (κ2) is 7.22. The number of aryl methyl sites for hydroxylation is 1. The molecular formula is C16H19NO2S. The lowest BCUT2D eigenvalue weighted by Crippen LogP contribution is -2.25. The number of aromatic carboxylic acids is 1. The first-order valence-electron chi connectivity index (χ1n) is 6.74. The molecule has 1 aromatic heterocycles. The summed E-state index contributed by atoms with van der Waals surface area (Å²) in [5.41, 5.74) is 1.35. The highest BCUT2D eigenvalue weighted by atomic mass is 32.1. The predicted octanol–water partition coefficient (Wildman–Crippen LogP) is 3.56. The highest BCUT2D eigenvalue weighted by molar-refractivity contribution is 7.13. The number of hydrogen-bond donors (Lipinski definition) is 2. The number of rotatable bonds is 7. The van der Waals surface area contributed by atoms with Crippen molar-refractivity contribution in [2.75, 3.05) is 0 Å². The Kier molecular flexibility index (Phi) is 5.32. The molecule has 0 amide bonds. The number of hydrogen-bond acceptors (Lipinski definition) is 3. The molecule has 0 aliphatic rings. The summed E-state index contributed by atoms with van der Waals surface area (Å²) in [5.74, 6) is -0.849. The highest BCUT2D eigenvalue weighted by Gasteiger charge is 2.08. The lowest BCUT2D eigenvalue weighted by Gasteiger charge is -2.12. The number of thiophene rings is 1. The van der Waals surface area contributed by atoms with E-state index in [-0.39, 0.29) is 0 Å². The van der Waals surface area contributed by atoms with Gasteiger partial charge in [-0.2, -0.15) is 0 Å². The number of benzene rings is 1. The van der Waals surface area contributed by atoms with Crippen LogP contribution >= 0.6 is 11.3 Å². The van der Waals surface area contributed by atoms with Crippen LogP contribution in [0.4, 0.5) is 0 Å². The zero-order valence-electron chi connectivity index (χ0n) is 11.5. The number of carboxylic acid groups (broad SMARTS) is 1. The summed E-state index contributed by atoms with van der Waals surface area (Å²) < 4.78 is 0. The van der Waals surface area contributed by atoms with E-state index in [0.717, 1.165) is 24.3 Å². The molecule has 0 radical (unpaired) electrons. The fourth-order valence-corrected chi connectivity index (χ4v) is 2.79. The van der Waals surface area contributed by atoms with Gasteiger partial charge in [0.2, 0.25) is 0 Å². The third kappa shape index (κ3) is 4.47. The van der Waals surface area contributed by atoms with E-state index < -0.39 is 5.97 Å². The molecule has 0 fully saturated rings. The number of carbonyl (C=O) groups is 1. The molecule has 1 aromatic carbocycles. The first kappa shape index (κ1) is 14.8. The summed E-state index contributed by atoms with van der Waals surface area (Å²) in [4.78, 5) is 12.3. The number of carboxylic acids is 1. The van der Waals surface area contributed by atoms with E-state index in [0.29, 0.717) is 10.9 Å². The summed E-state index contributed by atoms with van der Waals surface area (Å²) in [6, 6.07) is 14.4. The van der Waals surface area contributed by atoms with Gasteiger partial charge in [-0.3, -0.25) is 0 Å². The van der Waals surface area contributed by atoms with Gasteiger partial charge >= 0.3 is 5.97 Å². The topological polar surface area (TPSA) is 49.3 Å². The molecule has 0 aliphatic carbocycles. The second-order valence-corrected chi connectivity index (χ2v) is 6.05. The van der Waals surface area contributed by atoms with Gasteiger partial charge in [0, 0.05) is 17.5 Å². The molecule has 0 bridgehead atoms. The Hall–Kier alpha value is -1.65. The Morgan fingerprint density at radius 1 is 1.25 bits per heavy atom. The third-order valence-electron chi connectivity index (χ3n) is 3.21. The van der Waals surface area contributed by atoms with Crippen molar-refractivity contribution < 1.29 is 9.90 Å². The van der Waals surface area contributed by atoms with E-state index in [2.05, 4.69) is 36.5 Å². The van der Waals surface area contributed by atoms with Crippen LogP contribution in [-0.4, -0.2) is 17.1 Å². The molecule has 106 valence electrons. The molecule has 0 spiro atoms. The minimum absolute atomic E-state index is 0.402. The summed E-state index contributed by atoms with van der Waals surface area (Å²) in [6.07, 6.45) is 2.13. The van der Waals surface area contributed by atoms with Crippen molar-refractivity contribution in [3.63, 3.8) is 0 Å². The van der Waals surface area contributed by atoms with Crippen LogP contribution in [0.5, 0.6) is 0 Å². The maximum Gasteiger partial charge on any atom is 0.345 e. The molecule has 2 aromatic rings. The molecule has 3 nitrogen and oxygen atoms in total. The maximum absolute atomic E-state index is 10.8. The smallest absolute Gasteiger partial charge is 0.345 e. The van der Waals surface area contributed by atoms with E-state index in [1.54, 1.807) is 6.07 Å². The zero-order valence-corrected chi connectivity index (χ0v) is 12.3. The fraction of sp³-hybridized carbons (Fsp3) is 0.312. The van der Waals surface area contributed by atoms with Crippen LogP contribution in [0, 0.1) is 0 Å². The lowest BCUT2D eigenvalue weighted by atomic mass is 10.1. The van der Waals surface area contributed by atoms with Crippen LogP contribution in [0.3, 0.4) is 0 Å². The SMILES string of the molecule is CC(CCc1ccccc1)NCc1ccc(C(=O)O)s1. The van der Waals surface area contributed by atoms with Crippen molar-refractivity contribution in [1.82, 2.24) is 5.32 Å². The van der Waals surface area contributed by atoms with Gasteiger partial charge in [0.25, 0.3) is 0 Å². The Balaban J connectivity index is 1.74. The fourth-order valence-electron chi connectivity index (χ4n) is 1.99. The van der Waals surface area contributed by atoms with Crippen LogP contribution in [0.2, 0.25) is 0 Å². The van der Waals surface area contributed by atoms with Crippen molar-refractivity contribution in [1.29, 1.82) is 0 Å². The van der Waals surface area contributed by atoms with Gasteiger partial charge in [-0.05, 0) is 37.5 Å². The predicted molar refractivity (Wildman–Crippen MR) is 82.3 cm³/mol. The second-order valence-electron chi connectivity index (χ2n) is 4.88. The monoisotopic (exact) mass is 289 g/mol. The van der Waals surface area contributed by atoms with Crippen molar-refractivity contribution in [3.8, 4) is 0 Å². The normalized spacial score (nSPS) is 12.2. The summed E-state index contributed by atoms with van der Waals surface area (Å²) in [7, 11) is 0. The van der Waals surface area contributed by atoms with Gasteiger partial charge in [-0.25, -0.2) is 4.79 Å². The lowest BCUT2D eigenvalue weighted by molar-refractivity contribution is 0.0702. The number of nitrogens with one attached hydrogen (secondary N) is 1. The molecule has 1 atom stereocenters. The van der Waals surface area contributed by atoms with Crippen LogP contribution in [0.15, 0.2) is 42.5 Å². The molecule has 1 unspecified atom stereocenters.